The summed E-state index contributed by atoms with van der Waals surface area (Å²) >= 11 is 0. The van der Waals surface area contributed by atoms with Crippen LogP contribution in [0.4, 0.5) is 10.1 Å². The largest absolute Gasteiger partial charge is 0.369 e. The molecule has 1 aromatic carbocycles. The lowest BCUT2D eigenvalue weighted by atomic mass is 10.2. The SMILES string of the molecule is Cc1c(/C=C/CN2CCN(c3cccc(F)c3)CC2)cnn1-c1ncccn1. The van der Waals surface area contributed by atoms with Crippen molar-refractivity contribution >= 4 is 11.8 Å². The molecule has 28 heavy (non-hydrogen) atoms. The molecule has 4 rings (SSSR count). The third kappa shape index (κ3) is 4.09. The van der Waals surface area contributed by atoms with Gasteiger partial charge in [0, 0.05) is 56.4 Å². The van der Waals surface area contributed by atoms with E-state index < -0.39 is 0 Å². The van der Waals surface area contributed by atoms with Crippen molar-refractivity contribution in [1.82, 2.24) is 24.6 Å². The van der Waals surface area contributed by atoms with Crippen LogP contribution in [0.25, 0.3) is 12.0 Å². The van der Waals surface area contributed by atoms with Gasteiger partial charge in [0.25, 0.3) is 5.95 Å². The van der Waals surface area contributed by atoms with E-state index in [2.05, 4.69) is 37.0 Å². The van der Waals surface area contributed by atoms with Gasteiger partial charge in [-0.3, -0.25) is 4.90 Å². The van der Waals surface area contributed by atoms with Crippen LogP contribution < -0.4 is 4.90 Å². The van der Waals surface area contributed by atoms with Crippen molar-refractivity contribution < 1.29 is 4.39 Å². The Morgan fingerprint density at radius 2 is 1.86 bits per heavy atom. The molecule has 0 spiro atoms. The van der Waals surface area contributed by atoms with Crippen molar-refractivity contribution in [2.45, 2.75) is 6.92 Å². The third-order valence-electron chi connectivity index (χ3n) is 5.00. The molecular formula is C21H23FN6. The molecule has 2 aromatic heterocycles. The molecule has 0 unspecified atom stereocenters. The topological polar surface area (TPSA) is 50.1 Å². The summed E-state index contributed by atoms with van der Waals surface area (Å²) in [6.07, 6.45) is 9.52. The Labute approximate surface area is 164 Å². The van der Waals surface area contributed by atoms with E-state index in [0.29, 0.717) is 5.95 Å². The Morgan fingerprint density at radius 1 is 1.07 bits per heavy atom. The maximum Gasteiger partial charge on any atom is 0.250 e. The molecule has 0 amide bonds. The first kappa shape index (κ1) is 18.3. The van der Waals surface area contributed by atoms with E-state index in [1.807, 2.05) is 19.2 Å². The molecule has 6 nitrogen and oxygen atoms in total. The predicted octanol–water partition coefficient (Wildman–Crippen LogP) is 2.95. The summed E-state index contributed by atoms with van der Waals surface area (Å²) in [6.45, 7) is 6.61. The second kappa shape index (κ2) is 8.31. The predicted molar refractivity (Wildman–Crippen MR) is 108 cm³/mol. The van der Waals surface area contributed by atoms with Crippen LogP contribution in [0.2, 0.25) is 0 Å². The first-order chi connectivity index (χ1) is 13.7. The summed E-state index contributed by atoms with van der Waals surface area (Å²) < 4.78 is 15.2. The molecule has 1 aliphatic rings. The van der Waals surface area contributed by atoms with Crippen LogP contribution >= 0.6 is 0 Å². The second-order valence-corrected chi connectivity index (χ2v) is 6.82. The van der Waals surface area contributed by atoms with Gasteiger partial charge in [-0.25, -0.2) is 19.0 Å². The first-order valence-electron chi connectivity index (χ1n) is 9.42. The molecule has 0 radical (unpaired) electrons. The smallest absolute Gasteiger partial charge is 0.250 e. The number of hydrogen-bond acceptors (Lipinski definition) is 5. The molecule has 3 aromatic rings. The number of benzene rings is 1. The summed E-state index contributed by atoms with van der Waals surface area (Å²) in [7, 11) is 0. The van der Waals surface area contributed by atoms with Crippen molar-refractivity contribution in [2.75, 3.05) is 37.6 Å². The lowest BCUT2D eigenvalue weighted by Gasteiger charge is -2.35. The fourth-order valence-electron chi connectivity index (χ4n) is 3.38. The lowest BCUT2D eigenvalue weighted by Crippen LogP contribution is -2.46. The zero-order valence-corrected chi connectivity index (χ0v) is 15.9. The molecule has 7 heteroatoms. The summed E-state index contributed by atoms with van der Waals surface area (Å²) in [6, 6.07) is 8.61. The van der Waals surface area contributed by atoms with E-state index in [1.54, 1.807) is 35.3 Å². The minimum Gasteiger partial charge on any atom is -0.369 e. The molecular weight excluding hydrogens is 355 g/mol. The van der Waals surface area contributed by atoms with E-state index in [4.69, 9.17) is 0 Å². The van der Waals surface area contributed by atoms with Crippen molar-refractivity contribution in [3.63, 3.8) is 0 Å². The monoisotopic (exact) mass is 378 g/mol. The van der Waals surface area contributed by atoms with Crippen molar-refractivity contribution in [2.24, 2.45) is 0 Å². The Hall–Kier alpha value is -3.06. The van der Waals surface area contributed by atoms with Gasteiger partial charge in [0.05, 0.1) is 11.9 Å². The molecule has 1 aliphatic heterocycles. The fraction of sp³-hybridized carbons (Fsp3) is 0.286. The Kier molecular flexibility index (Phi) is 5.43. The lowest BCUT2D eigenvalue weighted by molar-refractivity contribution is 0.284. The highest BCUT2D eigenvalue weighted by Gasteiger charge is 2.16. The average molecular weight is 378 g/mol. The highest BCUT2D eigenvalue weighted by Crippen LogP contribution is 2.18. The van der Waals surface area contributed by atoms with Gasteiger partial charge in [0.15, 0.2) is 0 Å². The zero-order chi connectivity index (χ0) is 19.3. The molecule has 0 saturated carbocycles. The molecule has 1 fully saturated rings. The van der Waals surface area contributed by atoms with Gasteiger partial charge in [0.2, 0.25) is 0 Å². The van der Waals surface area contributed by atoms with Crippen LogP contribution in [0.5, 0.6) is 0 Å². The maximum absolute atomic E-state index is 13.4. The normalized spacial score (nSPS) is 15.4. The van der Waals surface area contributed by atoms with Gasteiger partial charge in [-0.2, -0.15) is 5.10 Å². The molecule has 0 aliphatic carbocycles. The molecule has 3 heterocycles. The van der Waals surface area contributed by atoms with Gasteiger partial charge in [-0.05, 0) is 31.2 Å². The highest BCUT2D eigenvalue weighted by molar-refractivity contribution is 5.52. The summed E-state index contributed by atoms with van der Waals surface area (Å²) in [5.74, 6) is 0.396. The number of nitrogens with zero attached hydrogens (tertiary/aromatic N) is 6. The number of hydrogen-bond donors (Lipinski definition) is 0. The van der Waals surface area contributed by atoms with E-state index in [0.717, 1.165) is 49.7 Å². The molecule has 0 bridgehead atoms. The second-order valence-electron chi connectivity index (χ2n) is 6.82. The highest BCUT2D eigenvalue weighted by atomic mass is 19.1. The molecule has 144 valence electrons. The van der Waals surface area contributed by atoms with Crippen LogP contribution in [0.1, 0.15) is 11.3 Å². The van der Waals surface area contributed by atoms with Crippen molar-refractivity contribution in [1.29, 1.82) is 0 Å². The Bertz CT molecular complexity index is 945. The van der Waals surface area contributed by atoms with E-state index in [9.17, 15) is 4.39 Å². The van der Waals surface area contributed by atoms with Crippen molar-refractivity contribution in [3.05, 3.63) is 72.1 Å². The van der Waals surface area contributed by atoms with E-state index >= 15 is 0 Å². The average Bonchev–Trinajstić information content (AvgIpc) is 3.10. The number of piperazine rings is 1. The van der Waals surface area contributed by atoms with E-state index in [-0.39, 0.29) is 5.82 Å². The van der Waals surface area contributed by atoms with Gasteiger partial charge in [0.1, 0.15) is 5.82 Å². The van der Waals surface area contributed by atoms with Gasteiger partial charge < -0.3 is 4.90 Å². The van der Waals surface area contributed by atoms with Crippen LogP contribution in [-0.2, 0) is 0 Å². The van der Waals surface area contributed by atoms with E-state index in [1.165, 1.54) is 6.07 Å². The minimum absolute atomic E-state index is 0.181. The molecule has 0 N–H and O–H groups in total. The summed E-state index contributed by atoms with van der Waals surface area (Å²) in [4.78, 5) is 13.1. The maximum atomic E-state index is 13.4. The number of anilines is 1. The Balaban J connectivity index is 1.32. The summed E-state index contributed by atoms with van der Waals surface area (Å²) in [5.41, 5.74) is 3.03. The third-order valence-corrected chi connectivity index (χ3v) is 5.00. The van der Waals surface area contributed by atoms with Crippen LogP contribution in [-0.4, -0.2) is 57.4 Å². The Morgan fingerprint density at radius 3 is 2.61 bits per heavy atom. The number of halogens is 1. The van der Waals surface area contributed by atoms with Gasteiger partial charge in [-0.15, -0.1) is 0 Å². The van der Waals surface area contributed by atoms with Crippen LogP contribution in [0, 0.1) is 12.7 Å². The zero-order valence-electron chi connectivity index (χ0n) is 15.9. The van der Waals surface area contributed by atoms with Gasteiger partial charge in [-0.1, -0.05) is 18.2 Å². The summed E-state index contributed by atoms with van der Waals surface area (Å²) in [5, 5.41) is 4.39. The minimum atomic E-state index is -0.181. The van der Waals surface area contributed by atoms with Gasteiger partial charge >= 0.3 is 0 Å². The van der Waals surface area contributed by atoms with Crippen molar-refractivity contribution in [3.8, 4) is 5.95 Å². The number of rotatable bonds is 5. The van der Waals surface area contributed by atoms with Crippen LogP contribution in [0.3, 0.4) is 0 Å². The first-order valence-corrected chi connectivity index (χ1v) is 9.42. The van der Waals surface area contributed by atoms with Crippen LogP contribution in [0.15, 0.2) is 55.0 Å². The molecule has 1 saturated heterocycles. The number of aromatic nitrogens is 4. The fourth-order valence-corrected chi connectivity index (χ4v) is 3.38. The quantitative estimate of drug-likeness (QED) is 0.683. The standard InChI is InChI=1S/C21H23FN6/c1-17-18(16-25-28(17)21-23-8-4-9-24-21)5-3-10-26-11-13-27(14-12-26)20-7-2-6-19(22)15-20/h2-9,15-16H,10-14H2,1H3/b5-3+. The molecule has 0 atom stereocenters.